The summed E-state index contributed by atoms with van der Waals surface area (Å²) in [5, 5.41) is 7.08. The second kappa shape index (κ2) is 6.88. The van der Waals surface area contributed by atoms with Gasteiger partial charge in [-0.15, -0.1) is 11.3 Å². The van der Waals surface area contributed by atoms with Gasteiger partial charge in [-0.1, -0.05) is 42.3 Å². The standard InChI is InChI=1S/C14H12Cl2N2OS/c1-2-12(10-6-5-9(15)8-11(10)16)17-18-14(19)13-4-3-7-20-13/h3-8H,2H2,1H3,(H,18,19)/b17-12+. The van der Waals surface area contributed by atoms with Crippen LogP contribution in [0.15, 0.2) is 40.8 Å². The topological polar surface area (TPSA) is 41.5 Å². The summed E-state index contributed by atoms with van der Waals surface area (Å²) in [5.74, 6) is -0.226. The van der Waals surface area contributed by atoms with Crippen molar-refractivity contribution in [3.8, 4) is 0 Å². The Balaban J connectivity index is 2.19. The summed E-state index contributed by atoms with van der Waals surface area (Å²) < 4.78 is 0. The van der Waals surface area contributed by atoms with Crippen molar-refractivity contribution < 1.29 is 4.79 Å². The van der Waals surface area contributed by atoms with Crippen molar-refractivity contribution in [3.63, 3.8) is 0 Å². The van der Waals surface area contributed by atoms with Crippen LogP contribution in [0, 0.1) is 0 Å². The van der Waals surface area contributed by atoms with E-state index in [0.29, 0.717) is 27.1 Å². The second-order valence-corrected chi connectivity index (χ2v) is 5.75. The summed E-state index contributed by atoms with van der Waals surface area (Å²) >= 11 is 13.4. The van der Waals surface area contributed by atoms with Crippen molar-refractivity contribution in [2.24, 2.45) is 5.10 Å². The maximum atomic E-state index is 11.8. The summed E-state index contributed by atoms with van der Waals surface area (Å²) in [4.78, 5) is 12.5. The first-order chi connectivity index (χ1) is 9.61. The predicted molar refractivity (Wildman–Crippen MR) is 85.1 cm³/mol. The average molecular weight is 327 g/mol. The Morgan fingerprint density at radius 3 is 2.75 bits per heavy atom. The Morgan fingerprint density at radius 1 is 1.35 bits per heavy atom. The summed E-state index contributed by atoms with van der Waals surface area (Å²) in [5.41, 5.74) is 4.02. The highest BCUT2D eigenvalue weighted by Gasteiger charge is 2.09. The van der Waals surface area contributed by atoms with Gasteiger partial charge in [0.1, 0.15) is 0 Å². The van der Waals surface area contributed by atoms with E-state index in [4.69, 9.17) is 23.2 Å². The van der Waals surface area contributed by atoms with E-state index in [0.717, 1.165) is 5.56 Å². The molecule has 1 aromatic carbocycles. The van der Waals surface area contributed by atoms with Crippen LogP contribution in [0.5, 0.6) is 0 Å². The molecule has 0 fully saturated rings. The van der Waals surface area contributed by atoms with Gasteiger partial charge < -0.3 is 0 Å². The number of nitrogens with zero attached hydrogens (tertiary/aromatic N) is 1. The van der Waals surface area contributed by atoms with E-state index in [2.05, 4.69) is 10.5 Å². The predicted octanol–water partition coefficient (Wildman–Crippen LogP) is 4.60. The smallest absolute Gasteiger partial charge is 0.266 e. The van der Waals surface area contributed by atoms with Gasteiger partial charge in [-0.05, 0) is 30.0 Å². The fourth-order valence-corrected chi connectivity index (χ4v) is 2.77. The molecule has 0 aliphatic carbocycles. The first-order valence-electron chi connectivity index (χ1n) is 5.97. The summed E-state index contributed by atoms with van der Waals surface area (Å²) in [7, 11) is 0. The van der Waals surface area contributed by atoms with Crippen molar-refractivity contribution in [1.29, 1.82) is 0 Å². The molecule has 0 bridgehead atoms. The molecule has 0 saturated carbocycles. The van der Waals surface area contributed by atoms with Crippen LogP contribution in [0.25, 0.3) is 0 Å². The lowest BCUT2D eigenvalue weighted by Crippen LogP contribution is -2.19. The summed E-state index contributed by atoms with van der Waals surface area (Å²) in [6.45, 7) is 1.95. The molecular weight excluding hydrogens is 315 g/mol. The van der Waals surface area contributed by atoms with Gasteiger partial charge >= 0.3 is 0 Å². The minimum Gasteiger partial charge on any atom is -0.266 e. The van der Waals surface area contributed by atoms with Crippen molar-refractivity contribution >= 4 is 46.2 Å². The highest BCUT2D eigenvalue weighted by atomic mass is 35.5. The molecule has 6 heteroatoms. The lowest BCUT2D eigenvalue weighted by atomic mass is 10.1. The van der Waals surface area contributed by atoms with Gasteiger partial charge in [0.05, 0.1) is 15.6 Å². The molecule has 104 valence electrons. The number of benzene rings is 1. The lowest BCUT2D eigenvalue weighted by molar-refractivity contribution is 0.0959. The van der Waals surface area contributed by atoms with Gasteiger partial charge in [0.15, 0.2) is 0 Å². The molecule has 0 aliphatic rings. The molecule has 20 heavy (non-hydrogen) atoms. The Morgan fingerprint density at radius 2 is 2.15 bits per heavy atom. The molecule has 0 atom stereocenters. The van der Waals surface area contributed by atoms with Crippen LogP contribution in [-0.2, 0) is 0 Å². The number of thiophene rings is 1. The van der Waals surface area contributed by atoms with Crippen LogP contribution in [0.4, 0.5) is 0 Å². The van der Waals surface area contributed by atoms with Crippen LogP contribution in [0.1, 0.15) is 28.6 Å². The maximum absolute atomic E-state index is 11.8. The lowest BCUT2D eigenvalue weighted by Gasteiger charge is -2.07. The van der Waals surface area contributed by atoms with Gasteiger partial charge in [-0.25, -0.2) is 5.43 Å². The van der Waals surface area contributed by atoms with Crippen LogP contribution >= 0.6 is 34.5 Å². The highest BCUT2D eigenvalue weighted by molar-refractivity contribution is 7.12. The number of amides is 1. The molecule has 1 N–H and O–H groups in total. The summed E-state index contributed by atoms with van der Waals surface area (Å²) in [6, 6.07) is 8.76. The van der Waals surface area contributed by atoms with Gasteiger partial charge in [0, 0.05) is 10.6 Å². The van der Waals surface area contributed by atoms with Crippen LogP contribution in [-0.4, -0.2) is 11.6 Å². The number of halogens is 2. The third kappa shape index (κ3) is 3.60. The second-order valence-electron chi connectivity index (χ2n) is 3.95. The molecule has 1 heterocycles. The number of hydrogen-bond donors (Lipinski definition) is 1. The quantitative estimate of drug-likeness (QED) is 0.647. The number of carbonyl (C=O) groups excluding carboxylic acids is 1. The van der Waals surface area contributed by atoms with E-state index in [9.17, 15) is 4.79 Å². The minimum atomic E-state index is -0.226. The maximum Gasteiger partial charge on any atom is 0.281 e. The van der Waals surface area contributed by atoms with Crippen LogP contribution in [0.3, 0.4) is 0 Å². The summed E-state index contributed by atoms with van der Waals surface area (Å²) in [6.07, 6.45) is 0.645. The normalized spacial score (nSPS) is 11.4. The van der Waals surface area contributed by atoms with E-state index in [1.54, 1.807) is 24.3 Å². The first kappa shape index (κ1) is 15.0. The Labute approximate surface area is 131 Å². The zero-order valence-electron chi connectivity index (χ0n) is 10.7. The van der Waals surface area contributed by atoms with Gasteiger partial charge in [0.25, 0.3) is 5.91 Å². The van der Waals surface area contributed by atoms with E-state index in [1.165, 1.54) is 11.3 Å². The van der Waals surface area contributed by atoms with Crippen LogP contribution in [0.2, 0.25) is 10.0 Å². The largest absolute Gasteiger partial charge is 0.281 e. The molecule has 1 amide bonds. The Hall–Kier alpha value is -1.36. The molecule has 2 rings (SSSR count). The molecule has 0 saturated heterocycles. The molecule has 0 unspecified atom stereocenters. The molecular formula is C14H12Cl2N2OS. The third-order valence-corrected chi connectivity index (χ3v) is 4.03. The van der Waals surface area contributed by atoms with Gasteiger partial charge in [0.2, 0.25) is 0 Å². The van der Waals surface area contributed by atoms with Crippen molar-refractivity contribution in [2.45, 2.75) is 13.3 Å². The van der Waals surface area contributed by atoms with E-state index in [-0.39, 0.29) is 5.91 Å². The zero-order valence-corrected chi connectivity index (χ0v) is 13.0. The van der Waals surface area contributed by atoms with Crippen LogP contribution < -0.4 is 5.43 Å². The van der Waals surface area contributed by atoms with E-state index in [1.807, 2.05) is 18.4 Å². The van der Waals surface area contributed by atoms with Crippen molar-refractivity contribution in [3.05, 3.63) is 56.2 Å². The van der Waals surface area contributed by atoms with E-state index < -0.39 is 0 Å². The third-order valence-electron chi connectivity index (χ3n) is 2.61. The number of hydrogen-bond acceptors (Lipinski definition) is 3. The SMILES string of the molecule is CC/C(=N\NC(=O)c1cccs1)c1ccc(Cl)cc1Cl. The number of nitrogens with one attached hydrogen (secondary N) is 1. The fraction of sp³-hybridized carbons (Fsp3) is 0.143. The number of carbonyl (C=O) groups is 1. The molecule has 0 spiro atoms. The molecule has 0 aliphatic heterocycles. The van der Waals surface area contributed by atoms with Gasteiger partial charge in [-0.2, -0.15) is 5.10 Å². The minimum absolute atomic E-state index is 0.226. The monoisotopic (exact) mass is 326 g/mol. The van der Waals surface area contributed by atoms with Crippen molar-refractivity contribution in [1.82, 2.24) is 5.43 Å². The van der Waals surface area contributed by atoms with Gasteiger partial charge in [-0.3, -0.25) is 4.79 Å². The zero-order chi connectivity index (χ0) is 14.5. The highest BCUT2D eigenvalue weighted by Crippen LogP contribution is 2.22. The fourth-order valence-electron chi connectivity index (χ4n) is 1.63. The molecule has 1 aromatic heterocycles. The first-order valence-corrected chi connectivity index (χ1v) is 7.61. The molecule has 0 radical (unpaired) electrons. The Kier molecular flexibility index (Phi) is 5.17. The molecule has 2 aromatic rings. The number of hydrazone groups is 1. The van der Waals surface area contributed by atoms with E-state index >= 15 is 0 Å². The molecule has 3 nitrogen and oxygen atoms in total. The Bertz CT molecular complexity index is 639. The average Bonchev–Trinajstić information content (AvgIpc) is 2.95. The van der Waals surface area contributed by atoms with Crippen molar-refractivity contribution in [2.75, 3.05) is 0 Å². The number of rotatable bonds is 4.